The highest BCUT2D eigenvalue weighted by Crippen LogP contribution is 2.67. The zero-order valence-corrected chi connectivity index (χ0v) is 13.6. The first kappa shape index (κ1) is 15.0. The molecule has 0 bridgehead atoms. The van der Waals surface area contributed by atoms with E-state index in [1.54, 1.807) is 0 Å². The summed E-state index contributed by atoms with van der Waals surface area (Å²) >= 11 is 0. The van der Waals surface area contributed by atoms with Gasteiger partial charge in [0.05, 0.1) is 11.2 Å². The molecule has 4 aliphatic rings. The molecular formula is C20H30O2. The Hall–Kier alpha value is -0.600. The van der Waals surface area contributed by atoms with E-state index in [2.05, 4.69) is 13.2 Å². The lowest BCUT2D eigenvalue weighted by Gasteiger charge is -2.32. The zero-order chi connectivity index (χ0) is 15.5. The van der Waals surface area contributed by atoms with E-state index in [0.717, 1.165) is 37.5 Å². The van der Waals surface area contributed by atoms with Crippen LogP contribution in [0, 0.1) is 35.5 Å². The van der Waals surface area contributed by atoms with Gasteiger partial charge in [0.2, 0.25) is 0 Å². The van der Waals surface area contributed by atoms with E-state index < -0.39 is 11.2 Å². The summed E-state index contributed by atoms with van der Waals surface area (Å²) in [5.41, 5.74) is -0.968. The normalized spacial score (nSPS) is 55.7. The molecular weight excluding hydrogens is 272 g/mol. The molecule has 0 aliphatic heterocycles. The average Bonchev–Trinajstić information content (AvgIpc) is 3.14. The number of hydrogen-bond acceptors (Lipinski definition) is 2. The van der Waals surface area contributed by atoms with Crippen molar-refractivity contribution in [2.45, 2.75) is 62.6 Å². The molecule has 0 heterocycles. The van der Waals surface area contributed by atoms with Gasteiger partial charge in [-0.2, -0.15) is 0 Å². The van der Waals surface area contributed by atoms with Crippen LogP contribution in [0.5, 0.6) is 0 Å². The second-order valence-corrected chi connectivity index (χ2v) is 8.61. The summed E-state index contributed by atoms with van der Waals surface area (Å²) in [6, 6.07) is 0. The minimum Gasteiger partial charge on any atom is -0.389 e. The van der Waals surface area contributed by atoms with Gasteiger partial charge < -0.3 is 10.2 Å². The lowest BCUT2D eigenvalue weighted by atomic mass is 9.78. The largest absolute Gasteiger partial charge is 0.389 e. The first-order valence-electron chi connectivity index (χ1n) is 9.19. The van der Waals surface area contributed by atoms with Crippen molar-refractivity contribution in [2.24, 2.45) is 35.5 Å². The molecule has 0 radical (unpaired) electrons. The Labute approximate surface area is 134 Å². The van der Waals surface area contributed by atoms with Crippen molar-refractivity contribution < 1.29 is 10.2 Å². The molecule has 122 valence electrons. The van der Waals surface area contributed by atoms with E-state index in [0.29, 0.717) is 23.7 Å². The Morgan fingerprint density at radius 2 is 1.18 bits per heavy atom. The Balaban J connectivity index is 1.55. The van der Waals surface area contributed by atoms with Gasteiger partial charge in [0.15, 0.2) is 0 Å². The first-order valence-corrected chi connectivity index (χ1v) is 9.19. The number of aliphatic hydroxyl groups is 2. The van der Waals surface area contributed by atoms with Gasteiger partial charge in [-0.3, -0.25) is 0 Å². The van der Waals surface area contributed by atoms with Gasteiger partial charge in [-0.05, 0) is 86.9 Å². The van der Waals surface area contributed by atoms with E-state index >= 15 is 0 Å². The van der Waals surface area contributed by atoms with Crippen molar-refractivity contribution >= 4 is 0 Å². The van der Waals surface area contributed by atoms with Crippen LogP contribution in [0.2, 0.25) is 0 Å². The molecule has 0 aromatic heterocycles. The fourth-order valence-corrected chi connectivity index (χ4v) is 7.14. The predicted octanol–water partition coefficient (Wildman–Crippen LogP) is 3.69. The molecule has 8 atom stereocenters. The van der Waals surface area contributed by atoms with Crippen molar-refractivity contribution in [3.63, 3.8) is 0 Å². The number of rotatable bonds is 4. The van der Waals surface area contributed by atoms with Crippen molar-refractivity contribution in [1.29, 1.82) is 0 Å². The summed E-state index contributed by atoms with van der Waals surface area (Å²) in [7, 11) is 0. The van der Waals surface area contributed by atoms with E-state index in [1.165, 1.54) is 25.7 Å². The van der Waals surface area contributed by atoms with Gasteiger partial charge in [-0.25, -0.2) is 0 Å². The zero-order valence-electron chi connectivity index (χ0n) is 13.6. The quantitative estimate of drug-likeness (QED) is 0.778. The van der Waals surface area contributed by atoms with Crippen molar-refractivity contribution in [3.05, 3.63) is 25.3 Å². The summed E-state index contributed by atoms with van der Waals surface area (Å²) in [6.07, 6.45) is 11.9. The number of fused-ring (bicyclic) bond motifs is 5. The summed E-state index contributed by atoms with van der Waals surface area (Å²) < 4.78 is 0. The van der Waals surface area contributed by atoms with Crippen LogP contribution in [0.4, 0.5) is 0 Å². The predicted molar refractivity (Wildman–Crippen MR) is 88.2 cm³/mol. The minimum atomic E-state index is -0.484. The summed E-state index contributed by atoms with van der Waals surface area (Å²) in [5, 5.41) is 22.0. The van der Waals surface area contributed by atoms with Gasteiger partial charge in [-0.15, -0.1) is 13.2 Å². The Morgan fingerprint density at radius 1 is 0.773 bits per heavy atom. The lowest BCUT2D eigenvalue weighted by Crippen LogP contribution is -2.36. The first-order chi connectivity index (χ1) is 10.5. The van der Waals surface area contributed by atoms with Crippen LogP contribution in [0.3, 0.4) is 0 Å². The molecule has 0 aromatic carbocycles. The molecule has 0 aromatic rings. The molecule has 0 unspecified atom stereocenters. The molecule has 4 aliphatic carbocycles. The third-order valence-electron chi connectivity index (χ3n) is 7.93. The topological polar surface area (TPSA) is 40.5 Å². The highest BCUT2D eigenvalue weighted by Gasteiger charge is 2.64. The smallest absolute Gasteiger partial charge is 0.0712 e. The van der Waals surface area contributed by atoms with Crippen molar-refractivity contribution in [3.8, 4) is 0 Å². The van der Waals surface area contributed by atoms with Gasteiger partial charge in [0, 0.05) is 0 Å². The lowest BCUT2D eigenvalue weighted by molar-refractivity contribution is -0.0160. The molecule has 4 saturated carbocycles. The summed E-state index contributed by atoms with van der Waals surface area (Å²) in [5.74, 6) is 3.83. The standard InChI is InChI=1S/C20H30O2/c1-3-7-19(21)9-5-13-16-12-18-14(15(16)11-17(13)19)6-10-20(18,22)8-4-2/h3-4,13-18,21-22H,1-2,5-12H2/t13-,14-,15-,16-,17+,18+,19+,20+/m1/s1. The molecule has 0 saturated heterocycles. The third-order valence-corrected chi connectivity index (χ3v) is 7.93. The van der Waals surface area contributed by atoms with Crippen LogP contribution < -0.4 is 0 Å². The SMILES string of the molecule is C=CC[C@]1(O)CC[C@@H]2[C@H]3C[C@H]4[C@H](CC[C@@]4(O)CC=C)[C@H]3C[C@@H]21. The molecule has 2 heteroatoms. The third kappa shape index (κ3) is 1.86. The van der Waals surface area contributed by atoms with Gasteiger partial charge in [0.1, 0.15) is 0 Å². The van der Waals surface area contributed by atoms with Crippen LogP contribution in [-0.2, 0) is 0 Å². The second-order valence-electron chi connectivity index (χ2n) is 8.61. The van der Waals surface area contributed by atoms with Gasteiger partial charge in [-0.1, -0.05) is 12.2 Å². The molecule has 22 heavy (non-hydrogen) atoms. The molecule has 2 N–H and O–H groups in total. The molecule has 0 amide bonds. The van der Waals surface area contributed by atoms with Crippen LogP contribution >= 0.6 is 0 Å². The maximum absolute atomic E-state index is 11.0. The minimum absolute atomic E-state index is 0.481. The molecule has 0 spiro atoms. The Kier molecular flexibility index (Phi) is 3.36. The van der Waals surface area contributed by atoms with Crippen LogP contribution in [0.25, 0.3) is 0 Å². The van der Waals surface area contributed by atoms with Gasteiger partial charge in [0.25, 0.3) is 0 Å². The Bertz CT molecular complexity index is 442. The highest BCUT2D eigenvalue weighted by atomic mass is 16.3. The van der Waals surface area contributed by atoms with Crippen LogP contribution in [0.1, 0.15) is 51.4 Å². The van der Waals surface area contributed by atoms with Gasteiger partial charge >= 0.3 is 0 Å². The summed E-state index contributed by atoms with van der Waals surface area (Å²) in [6.45, 7) is 7.69. The fourth-order valence-electron chi connectivity index (χ4n) is 7.14. The second kappa shape index (κ2) is 4.95. The van der Waals surface area contributed by atoms with E-state index in [1.807, 2.05) is 12.2 Å². The highest BCUT2D eigenvalue weighted by molar-refractivity contribution is 5.15. The molecule has 2 nitrogen and oxygen atoms in total. The molecule has 4 fully saturated rings. The Morgan fingerprint density at radius 3 is 1.55 bits per heavy atom. The van der Waals surface area contributed by atoms with E-state index in [9.17, 15) is 10.2 Å². The maximum atomic E-state index is 11.0. The monoisotopic (exact) mass is 302 g/mol. The van der Waals surface area contributed by atoms with E-state index in [-0.39, 0.29) is 0 Å². The van der Waals surface area contributed by atoms with E-state index in [4.69, 9.17) is 0 Å². The van der Waals surface area contributed by atoms with Crippen LogP contribution in [-0.4, -0.2) is 21.4 Å². The maximum Gasteiger partial charge on any atom is 0.0712 e. The van der Waals surface area contributed by atoms with Crippen molar-refractivity contribution in [1.82, 2.24) is 0 Å². The molecule has 4 rings (SSSR count). The summed E-state index contributed by atoms with van der Waals surface area (Å²) in [4.78, 5) is 0. The van der Waals surface area contributed by atoms with Crippen LogP contribution in [0.15, 0.2) is 25.3 Å². The van der Waals surface area contributed by atoms with Crippen molar-refractivity contribution in [2.75, 3.05) is 0 Å². The average molecular weight is 302 g/mol. The number of hydrogen-bond donors (Lipinski definition) is 2. The fraction of sp³-hybridized carbons (Fsp3) is 0.800.